The smallest absolute Gasteiger partial charge is 0.328 e. The molecule has 0 saturated carbocycles. The van der Waals surface area contributed by atoms with Crippen molar-refractivity contribution in [3.63, 3.8) is 0 Å². The summed E-state index contributed by atoms with van der Waals surface area (Å²) in [6.07, 6.45) is 0. The van der Waals surface area contributed by atoms with E-state index < -0.39 is 17.3 Å². The molecule has 0 amide bonds. The topological polar surface area (TPSA) is 59.0 Å². The van der Waals surface area contributed by atoms with E-state index >= 15 is 0 Å². The molecule has 0 atom stereocenters. The molecule has 1 radical (unpaired) electrons. The van der Waals surface area contributed by atoms with Crippen molar-refractivity contribution >= 4 is 99.7 Å². The van der Waals surface area contributed by atoms with Gasteiger partial charge in [-0.2, -0.15) is 0 Å². The fraction of sp³-hybridized carbons (Fsp3) is 0.900. The van der Waals surface area contributed by atoms with Crippen molar-refractivity contribution in [1.29, 1.82) is 0 Å². The summed E-state index contributed by atoms with van der Waals surface area (Å²) in [5.41, 5.74) is 0. The molecule has 0 heterocycles. The number of rotatable bonds is 7. The van der Waals surface area contributed by atoms with Gasteiger partial charge in [0.05, 0.1) is 0 Å². The van der Waals surface area contributed by atoms with Crippen LogP contribution in [0.2, 0.25) is 0 Å². The van der Waals surface area contributed by atoms with Crippen LogP contribution >= 0.6 is 42.4 Å². The molecule has 0 rings (SSSR count). The molecule has 0 aromatic rings. The Balaban J connectivity index is 0. The molecule has 0 N–H and O–H groups in total. The third-order valence-electron chi connectivity index (χ3n) is 2.66. The van der Waals surface area contributed by atoms with Gasteiger partial charge in [-0.1, -0.05) is 62.5 Å². The first-order chi connectivity index (χ1) is 8.67. The zero-order valence-corrected chi connectivity index (χ0v) is 18.9. The van der Waals surface area contributed by atoms with Gasteiger partial charge < -0.3 is 5.11 Å². The molecule has 0 saturated heterocycles. The molecule has 0 aromatic heterocycles. The first-order valence-electron chi connectivity index (χ1n) is 6.12. The normalized spacial score (nSPS) is 13.8. The maximum atomic E-state index is 13.1. The van der Waals surface area contributed by atoms with Gasteiger partial charge in [0.15, 0.2) is 0 Å². The first kappa shape index (κ1) is 24.4. The minimum Gasteiger partial charge on any atom is -0.859 e. The zero-order chi connectivity index (χ0) is 15.3. The molecule has 0 aliphatic rings. The van der Waals surface area contributed by atoms with E-state index in [1.165, 1.54) is 0 Å². The van der Waals surface area contributed by atoms with Crippen molar-refractivity contribution in [3.05, 3.63) is 0 Å². The van der Waals surface area contributed by atoms with E-state index in [9.17, 15) is 9.67 Å². The van der Waals surface area contributed by atoms with Crippen molar-refractivity contribution < 1.29 is 9.67 Å². The molecule has 0 aliphatic heterocycles. The Morgan fingerprint density at radius 2 is 1.35 bits per heavy atom. The van der Waals surface area contributed by atoms with E-state index in [-0.39, 0.29) is 51.4 Å². The Kier molecular flexibility index (Phi) is 13.2. The summed E-state index contributed by atoms with van der Waals surface area (Å²) < 4.78 is 17.9. The van der Waals surface area contributed by atoms with E-state index in [4.69, 9.17) is 34.8 Å². The Morgan fingerprint density at radius 3 is 1.55 bits per heavy atom. The minimum atomic E-state index is -3.40. The van der Waals surface area contributed by atoms with Crippen molar-refractivity contribution in [2.24, 2.45) is 4.76 Å². The summed E-state index contributed by atoms with van der Waals surface area (Å²) in [5.74, 6) is -1.00. The molecule has 0 spiro atoms. The van der Waals surface area contributed by atoms with Gasteiger partial charge in [-0.25, -0.2) is 14.1 Å². The fourth-order valence-corrected chi connectivity index (χ4v) is 4.44. The van der Waals surface area contributed by atoms with Crippen LogP contribution in [0.25, 0.3) is 0 Å². The van der Waals surface area contributed by atoms with Gasteiger partial charge in [0.25, 0.3) is 0 Å². The van der Waals surface area contributed by atoms with E-state index in [1.54, 1.807) is 9.34 Å². The van der Waals surface area contributed by atoms with Crippen molar-refractivity contribution in [2.75, 3.05) is 26.2 Å². The molecule has 0 fully saturated rings. The van der Waals surface area contributed by atoms with Gasteiger partial charge in [0, 0.05) is 83.5 Å². The predicted octanol–water partition coefficient (Wildman–Crippen LogP) is 2.53. The van der Waals surface area contributed by atoms with Crippen molar-refractivity contribution in [3.8, 4) is 0 Å². The van der Waals surface area contributed by atoms with Crippen molar-refractivity contribution in [2.45, 2.75) is 31.5 Å². The minimum absolute atomic E-state index is 0. The van der Waals surface area contributed by atoms with Gasteiger partial charge in [0.2, 0.25) is 3.79 Å². The predicted molar refractivity (Wildman–Crippen MR) is 86.9 cm³/mol. The van der Waals surface area contributed by atoms with Crippen LogP contribution in [0.1, 0.15) is 27.7 Å². The van der Waals surface area contributed by atoms with E-state index in [1.807, 2.05) is 27.7 Å². The first-order valence-corrected chi connectivity index (χ1v) is 8.82. The summed E-state index contributed by atoms with van der Waals surface area (Å²) in [6, 6.07) is 0. The molecular weight excluding hydrogens is 371 g/mol. The Labute approximate surface area is 179 Å². The summed E-state index contributed by atoms with van der Waals surface area (Å²) in [4.78, 5) is 0. The van der Waals surface area contributed by atoms with Crippen LogP contribution < -0.4 is 5.11 Å². The number of hydrogen-bond donors (Lipinski definition) is 0. The molecule has 0 unspecified atom stereocenters. The molecule has 0 aliphatic carbocycles. The average molecular weight is 391 g/mol. The number of halogens is 3. The summed E-state index contributed by atoms with van der Waals surface area (Å²) in [5, 5.41) is 11.8. The largest absolute Gasteiger partial charge is 0.859 e. The van der Waals surface area contributed by atoms with E-state index in [2.05, 4.69) is 4.76 Å². The van der Waals surface area contributed by atoms with Gasteiger partial charge in [-0.05, 0) is 0 Å². The maximum absolute atomic E-state index is 13.1. The van der Waals surface area contributed by atoms with Gasteiger partial charge in [-0.15, -0.1) is 0 Å². The van der Waals surface area contributed by atoms with E-state index in [0.29, 0.717) is 26.2 Å². The molecule has 20 heavy (non-hydrogen) atoms. The van der Waals surface area contributed by atoms with Crippen LogP contribution in [0.4, 0.5) is 0 Å². The molecule has 10 heteroatoms. The standard InChI is InChI=1S/C10H21Cl3N3O2P.K/c1-5-15(6-2)19(18,16(7-3)8-4)14-9(17)10(11,12)13;/h5-8H2,1-4H3,(H,14,17,18);/p-1. The fourth-order valence-electron chi connectivity index (χ4n) is 1.66. The Morgan fingerprint density at radius 1 is 1.05 bits per heavy atom. The van der Waals surface area contributed by atoms with Gasteiger partial charge in [-0.3, -0.25) is 4.57 Å². The molecule has 5 nitrogen and oxygen atoms in total. The summed E-state index contributed by atoms with van der Waals surface area (Å²) >= 11 is 16.5. The third-order valence-corrected chi connectivity index (χ3v) is 6.19. The number of nitrogens with zero attached hydrogens (tertiary/aromatic N) is 3. The number of hydrogen-bond acceptors (Lipinski definition) is 2. The Hall–Kier alpha value is 2.13. The number of alkyl halides is 3. The monoisotopic (exact) mass is 389 g/mol. The summed E-state index contributed by atoms with van der Waals surface area (Å²) in [6.45, 7) is 9.32. The summed E-state index contributed by atoms with van der Waals surface area (Å²) in [7, 11) is -3.40. The van der Waals surface area contributed by atoms with Crippen molar-refractivity contribution in [1.82, 2.24) is 9.34 Å². The molecule has 0 bridgehead atoms. The van der Waals surface area contributed by atoms with Crippen LogP contribution in [0.5, 0.6) is 0 Å². The second-order valence-electron chi connectivity index (χ2n) is 3.69. The van der Waals surface area contributed by atoms with Crippen LogP contribution in [0.3, 0.4) is 0 Å². The van der Waals surface area contributed by atoms with Gasteiger partial charge >= 0.3 is 7.59 Å². The Bertz CT molecular complexity index is 342. The third kappa shape index (κ3) is 6.71. The van der Waals surface area contributed by atoms with E-state index in [0.717, 1.165) is 0 Å². The molecule has 115 valence electrons. The quantitative estimate of drug-likeness (QED) is 0.220. The zero-order valence-electron chi connectivity index (χ0n) is 12.6. The molecular formula is C10H20Cl3KN3O2P-. The average Bonchev–Trinajstić information content (AvgIpc) is 2.30. The maximum Gasteiger partial charge on any atom is 0.328 e. The van der Waals surface area contributed by atoms with Crippen LogP contribution in [0, 0.1) is 0 Å². The van der Waals surface area contributed by atoms with Gasteiger partial charge in [0.1, 0.15) is 0 Å². The SMILES string of the molecule is CCN(CC)P(=O)(/N=C(\[O-])C(Cl)(Cl)Cl)N(CC)CC.[K]. The second kappa shape index (κ2) is 10.8. The molecule has 0 aromatic carbocycles. The second-order valence-corrected chi connectivity index (χ2v) is 8.33. The van der Waals surface area contributed by atoms with Crippen LogP contribution in [-0.2, 0) is 4.57 Å². The van der Waals surface area contributed by atoms with Crippen LogP contribution in [-0.4, -0.2) is 96.6 Å². The van der Waals surface area contributed by atoms with Crippen LogP contribution in [0.15, 0.2) is 4.76 Å².